The minimum atomic E-state index is -0.295. The quantitative estimate of drug-likeness (QED) is 0.824. The van der Waals surface area contributed by atoms with E-state index in [2.05, 4.69) is 28.7 Å². The predicted molar refractivity (Wildman–Crippen MR) is 100 cm³/mol. The Bertz CT molecular complexity index is 640. The Morgan fingerprint density at radius 2 is 1.96 bits per heavy atom. The Morgan fingerprint density at radius 1 is 1.15 bits per heavy atom. The summed E-state index contributed by atoms with van der Waals surface area (Å²) in [5, 5.41) is 0. The van der Waals surface area contributed by atoms with Gasteiger partial charge in [-0.05, 0) is 58.9 Å². The molecule has 26 heavy (non-hydrogen) atoms. The van der Waals surface area contributed by atoms with Crippen molar-refractivity contribution in [3.05, 3.63) is 18.1 Å². The first-order valence-corrected chi connectivity index (χ1v) is 10.1. The van der Waals surface area contributed by atoms with E-state index >= 15 is 0 Å². The summed E-state index contributed by atoms with van der Waals surface area (Å²) < 4.78 is 5.76. The molecule has 1 aromatic heterocycles. The average Bonchev–Trinajstić information content (AvgIpc) is 2.98. The minimum absolute atomic E-state index is 0.266. The summed E-state index contributed by atoms with van der Waals surface area (Å²) in [4.78, 5) is 25.8. The number of likely N-dealkylation sites (tertiary alicyclic amines) is 1. The lowest BCUT2D eigenvalue weighted by Gasteiger charge is -2.35. The maximum Gasteiger partial charge on any atom is 0.416 e. The number of amides is 1. The molecule has 4 rings (SSSR count). The summed E-state index contributed by atoms with van der Waals surface area (Å²) in [5.74, 6) is 1.06. The van der Waals surface area contributed by atoms with Crippen molar-refractivity contribution in [2.45, 2.75) is 76.4 Å². The maximum atomic E-state index is 12.4. The van der Waals surface area contributed by atoms with Crippen molar-refractivity contribution in [3.8, 4) is 0 Å². The zero-order chi connectivity index (χ0) is 18.1. The molecule has 3 aliphatic rings. The van der Waals surface area contributed by atoms with Crippen LogP contribution >= 0.6 is 0 Å². The van der Waals surface area contributed by atoms with Gasteiger partial charge in [-0.1, -0.05) is 6.42 Å². The number of hydrogen-bond acceptors (Lipinski definition) is 5. The molecule has 6 nitrogen and oxygen atoms in total. The van der Waals surface area contributed by atoms with Crippen molar-refractivity contribution in [2.24, 2.45) is 0 Å². The van der Waals surface area contributed by atoms with E-state index in [-0.39, 0.29) is 11.7 Å². The number of piperidine rings is 1. The molecule has 0 radical (unpaired) electrons. The monoisotopic (exact) mass is 358 g/mol. The van der Waals surface area contributed by atoms with Gasteiger partial charge in [-0.2, -0.15) is 0 Å². The van der Waals surface area contributed by atoms with E-state index in [1.807, 2.05) is 6.20 Å². The van der Waals surface area contributed by atoms with E-state index in [1.165, 1.54) is 19.4 Å². The highest BCUT2D eigenvalue weighted by atomic mass is 16.6. The lowest BCUT2D eigenvalue weighted by molar-refractivity contribution is 0.0260. The number of carbonyl (C=O) groups is 1. The van der Waals surface area contributed by atoms with Gasteiger partial charge >= 0.3 is 6.09 Å². The number of carbonyl (C=O) groups excluding carboxylic acids is 1. The van der Waals surface area contributed by atoms with Crippen LogP contribution in [0.3, 0.4) is 0 Å². The topological polar surface area (TPSA) is 58.6 Å². The molecule has 0 bridgehead atoms. The molecule has 2 saturated heterocycles. The lowest BCUT2D eigenvalue weighted by Crippen LogP contribution is -2.39. The molecule has 1 atom stereocenters. The normalized spacial score (nSPS) is 26.5. The van der Waals surface area contributed by atoms with Crippen molar-refractivity contribution < 1.29 is 9.53 Å². The van der Waals surface area contributed by atoms with Gasteiger partial charge in [-0.3, -0.25) is 9.88 Å². The van der Waals surface area contributed by atoms with Crippen molar-refractivity contribution >= 4 is 11.9 Å². The van der Waals surface area contributed by atoms with Gasteiger partial charge in [0.1, 0.15) is 5.60 Å². The lowest BCUT2D eigenvalue weighted by atomic mass is 9.85. The number of nitrogens with zero attached hydrogens (tertiary/aromatic N) is 4. The number of aromatic nitrogens is 2. The number of rotatable bonds is 3. The van der Waals surface area contributed by atoms with E-state index in [0.29, 0.717) is 24.3 Å². The van der Waals surface area contributed by atoms with Gasteiger partial charge in [0.05, 0.1) is 24.6 Å². The van der Waals surface area contributed by atoms with Gasteiger partial charge in [0, 0.05) is 18.5 Å². The number of hydrogen-bond donors (Lipinski definition) is 0. The largest absolute Gasteiger partial charge is 0.441 e. The zero-order valence-electron chi connectivity index (χ0n) is 16.0. The fourth-order valence-corrected chi connectivity index (χ4v) is 4.65. The molecule has 1 amide bonds. The standard InChI is InChI=1S/C20H30N4O2/c1-15(2)23-10-6-7-16(13-23)17-11-22-18(12-21-17)24-14-20(26-19(24)25)8-4-3-5-9-20/h11-12,15-16H,3-10,13-14H2,1-2H3. The van der Waals surface area contributed by atoms with Crippen LogP contribution in [0.2, 0.25) is 0 Å². The SMILES string of the molecule is CC(C)N1CCCC(c2cnc(N3CC4(CCCCC4)OC3=O)cn2)C1. The Morgan fingerprint density at radius 3 is 2.65 bits per heavy atom. The molecule has 3 heterocycles. The van der Waals surface area contributed by atoms with Crippen LogP contribution in [0.1, 0.15) is 70.4 Å². The van der Waals surface area contributed by atoms with Crippen molar-refractivity contribution in [1.82, 2.24) is 14.9 Å². The fourth-order valence-electron chi connectivity index (χ4n) is 4.65. The molecule has 3 fully saturated rings. The fraction of sp³-hybridized carbons (Fsp3) is 0.750. The first-order chi connectivity index (χ1) is 12.6. The van der Waals surface area contributed by atoms with Crippen LogP contribution in [0, 0.1) is 0 Å². The molecule has 6 heteroatoms. The van der Waals surface area contributed by atoms with E-state index in [0.717, 1.165) is 44.3 Å². The molecule has 1 aromatic rings. The van der Waals surface area contributed by atoms with Crippen LogP contribution in [0.15, 0.2) is 12.4 Å². The summed E-state index contributed by atoms with van der Waals surface area (Å²) in [6.45, 7) is 7.32. The highest BCUT2D eigenvalue weighted by Crippen LogP contribution is 2.38. The molecule has 1 spiro atoms. The maximum absolute atomic E-state index is 12.4. The van der Waals surface area contributed by atoms with E-state index in [4.69, 9.17) is 4.74 Å². The molecule has 0 N–H and O–H groups in total. The first kappa shape index (κ1) is 17.7. The van der Waals surface area contributed by atoms with Crippen LogP contribution < -0.4 is 4.90 Å². The highest BCUT2D eigenvalue weighted by Gasteiger charge is 2.46. The Hall–Kier alpha value is -1.69. The Labute approximate surface area is 155 Å². The summed E-state index contributed by atoms with van der Waals surface area (Å²) in [6, 6.07) is 0.566. The molecular weight excluding hydrogens is 328 g/mol. The first-order valence-electron chi connectivity index (χ1n) is 10.1. The van der Waals surface area contributed by atoms with E-state index in [1.54, 1.807) is 11.1 Å². The van der Waals surface area contributed by atoms with Crippen LogP contribution in [-0.4, -0.2) is 52.2 Å². The van der Waals surface area contributed by atoms with E-state index in [9.17, 15) is 4.79 Å². The predicted octanol–water partition coefficient (Wildman–Crippen LogP) is 3.72. The van der Waals surface area contributed by atoms with Gasteiger partial charge < -0.3 is 9.64 Å². The summed E-state index contributed by atoms with van der Waals surface area (Å²) in [7, 11) is 0. The Kier molecular flexibility index (Phi) is 4.86. The molecule has 1 saturated carbocycles. The second-order valence-electron chi connectivity index (χ2n) is 8.43. The minimum Gasteiger partial charge on any atom is -0.441 e. The van der Waals surface area contributed by atoms with Crippen molar-refractivity contribution in [2.75, 3.05) is 24.5 Å². The van der Waals surface area contributed by atoms with Gasteiger partial charge in [0.25, 0.3) is 0 Å². The smallest absolute Gasteiger partial charge is 0.416 e. The van der Waals surface area contributed by atoms with Crippen molar-refractivity contribution in [3.63, 3.8) is 0 Å². The zero-order valence-corrected chi connectivity index (χ0v) is 16.0. The Balaban J connectivity index is 1.45. The summed E-state index contributed by atoms with van der Waals surface area (Å²) >= 11 is 0. The molecule has 1 unspecified atom stereocenters. The molecular formula is C20H30N4O2. The van der Waals surface area contributed by atoms with Crippen LogP contribution in [0.5, 0.6) is 0 Å². The van der Waals surface area contributed by atoms with Gasteiger partial charge in [0.15, 0.2) is 5.82 Å². The third-order valence-corrected chi connectivity index (χ3v) is 6.27. The molecule has 0 aromatic carbocycles. The third-order valence-electron chi connectivity index (χ3n) is 6.27. The third kappa shape index (κ3) is 3.43. The molecule has 142 valence electrons. The van der Waals surface area contributed by atoms with Crippen LogP contribution in [0.25, 0.3) is 0 Å². The summed E-state index contributed by atoms with van der Waals surface area (Å²) in [6.07, 6.45) is 11.2. The molecule has 1 aliphatic carbocycles. The number of anilines is 1. The average molecular weight is 358 g/mol. The van der Waals surface area contributed by atoms with Crippen LogP contribution in [0.4, 0.5) is 10.6 Å². The highest BCUT2D eigenvalue weighted by molar-refractivity contribution is 5.89. The van der Waals surface area contributed by atoms with Crippen molar-refractivity contribution in [1.29, 1.82) is 0 Å². The number of ether oxygens (including phenoxy) is 1. The second kappa shape index (κ2) is 7.14. The second-order valence-corrected chi connectivity index (χ2v) is 8.43. The molecule has 2 aliphatic heterocycles. The van der Waals surface area contributed by atoms with Gasteiger partial charge in [0.2, 0.25) is 0 Å². The van der Waals surface area contributed by atoms with Crippen LogP contribution in [-0.2, 0) is 4.74 Å². The van der Waals surface area contributed by atoms with Gasteiger partial charge in [-0.25, -0.2) is 9.78 Å². The summed E-state index contributed by atoms with van der Waals surface area (Å²) in [5.41, 5.74) is 0.746. The van der Waals surface area contributed by atoms with E-state index < -0.39 is 0 Å². The van der Waals surface area contributed by atoms with Gasteiger partial charge in [-0.15, -0.1) is 0 Å².